The van der Waals surface area contributed by atoms with Gasteiger partial charge in [-0.05, 0) is 25.5 Å². The molecule has 4 rings (SSSR count). The lowest BCUT2D eigenvalue weighted by Crippen LogP contribution is -2.51. The molecule has 0 aliphatic carbocycles. The number of fused-ring (bicyclic) bond motifs is 1. The molecule has 0 amide bonds. The van der Waals surface area contributed by atoms with Gasteiger partial charge in [0, 0.05) is 19.3 Å². The van der Waals surface area contributed by atoms with Crippen LogP contribution < -0.4 is 0 Å². The van der Waals surface area contributed by atoms with Gasteiger partial charge in [-0.15, -0.1) is 0 Å². The van der Waals surface area contributed by atoms with Gasteiger partial charge in [0.15, 0.2) is 6.29 Å². The maximum atomic E-state index is 11.9. The zero-order valence-corrected chi connectivity index (χ0v) is 17.2. The molecule has 6 atom stereocenters. The van der Waals surface area contributed by atoms with E-state index in [0.29, 0.717) is 12.2 Å². The molecule has 2 aromatic carbocycles. The predicted octanol–water partition coefficient (Wildman–Crippen LogP) is 3.49. The number of hydrogen-bond acceptors (Lipinski definition) is 6. The Morgan fingerprint density at radius 2 is 1.73 bits per heavy atom. The number of benzene rings is 2. The Kier molecular flexibility index (Phi) is 5.90. The molecule has 2 aliphatic heterocycles. The second-order valence-corrected chi connectivity index (χ2v) is 7.38. The van der Waals surface area contributed by atoms with Crippen molar-refractivity contribution in [2.45, 2.75) is 50.3 Å². The maximum absolute atomic E-state index is 11.9. The van der Waals surface area contributed by atoms with Crippen LogP contribution in [0.5, 0.6) is 0 Å². The standard InChI is InChI=1S/C23H26O7/c1-4-27-23(15-10-6-5-7-11-15)29-19-14(2)28-22(26-3)18(20(19)30-23)16-12-8-9-13-17(16)21(24)25/h5-14,18-20,22H,4H2,1-3H3,(H,24,25)/t14-,18-,19+,20+,22?,23?/m0/s1. The summed E-state index contributed by atoms with van der Waals surface area (Å²) in [4.78, 5) is 11.9. The van der Waals surface area contributed by atoms with Gasteiger partial charge in [-0.1, -0.05) is 48.5 Å². The Balaban J connectivity index is 1.80. The average molecular weight is 414 g/mol. The molecule has 2 aromatic rings. The number of carbonyl (C=O) groups is 1. The number of carboxylic acid groups (broad SMARTS) is 1. The van der Waals surface area contributed by atoms with E-state index in [0.717, 1.165) is 5.56 Å². The topological polar surface area (TPSA) is 83.5 Å². The van der Waals surface area contributed by atoms with Crippen LogP contribution in [0, 0.1) is 0 Å². The lowest BCUT2D eigenvalue weighted by Gasteiger charge is -2.41. The van der Waals surface area contributed by atoms with E-state index >= 15 is 0 Å². The summed E-state index contributed by atoms with van der Waals surface area (Å²) in [6.07, 6.45) is -2.06. The highest BCUT2D eigenvalue weighted by Gasteiger charge is 2.59. The van der Waals surface area contributed by atoms with Crippen LogP contribution in [0.15, 0.2) is 54.6 Å². The minimum Gasteiger partial charge on any atom is -0.478 e. The third-order valence-corrected chi connectivity index (χ3v) is 5.61. The van der Waals surface area contributed by atoms with Crippen molar-refractivity contribution in [3.8, 4) is 0 Å². The molecule has 7 heteroatoms. The summed E-state index contributed by atoms with van der Waals surface area (Å²) in [7, 11) is 1.54. The number of methoxy groups -OCH3 is 1. The largest absolute Gasteiger partial charge is 0.478 e. The van der Waals surface area contributed by atoms with Gasteiger partial charge in [0.25, 0.3) is 0 Å². The molecule has 7 nitrogen and oxygen atoms in total. The Morgan fingerprint density at radius 3 is 2.40 bits per heavy atom. The van der Waals surface area contributed by atoms with Crippen molar-refractivity contribution < 1.29 is 33.6 Å². The predicted molar refractivity (Wildman–Crippen MR) is 107 cm³/mol. The lowest BCUT2D eigenvalue weighted by molar-refractivity contribution is -0.353. The van der Waals surface area contributed by atoms with Crippen LogP contribution in [-0.2, 0) is 29.7 Å². The van der Waals surface area contributed by atoms with E-state index in [9.17, 15) is 9.90 Å². The van der Waals surface area contributed by atoms with E-state index in [1.165, 1.54) is 7.11 Å². The van der Waals surface area contributed by atoms with E-state index < -0.39 is 36.4 Å². The summed E-state index contributed by atoms with van der Waals surface area (Å²) in [6.45, 7) is 4.13. The summed E-state index contributed by atoms with van der Waals surface area (Å²) in [5.41, 5.74) is 1.48. The minimum absolute atomic E-state index is 0.179. The van der Waals surface area contributed by atoms with Crippen molar-refractivity contribution in [2.24, 2.45) is 0 Å². The van der Waals surface area contributed by atoms with Gasteiger partial charge in [0.2, 0.25) is 0 Å². The van der Waals surface area contributed by atoms with Gasteiger partial charge >= 0.3 is 11.9 Å². The second kappa shape index (κ2) is 8.45. The van der Waals surface area contributed by atoms with Crippen LogP contribution >= 0.6 is 0 Å². The van der Waals surface area contributed by atoms with Crippen molar-refractivity contribution in [3.63, 3.8) is 0 Å². The maximum Gasteiger partial charge on any atom is 0.335 e. The summed E-state index contributed by atoms with van der Waals surface area (Å²) >= 11 is 0. The number of carboxylic acids is 1. The van der Waals surface area contributed by atoms with Gasteiger partial charge in [0.1, 0.15) is 12.2 Å². The summed E-state index contributed by atoms with van der Waals surface area (Å²) in [5.74, 6) is -2.94. The average Bonchev–Trinajstić information content (AvgIpc) is 3.15. The SMILES string of the molecule is CCOC1(c2ccccc2)O[C@H]2[C@H](O1)[C@H](c1ccccc1C(=O)O)C(OC)O[C@H]2C. The Morgan fingerprint density at radius 1 is 1.07 bits per heavy atom. The molecule has 0 spiro atoms. The Bertz CT molecular complexity index is 886. The molecule has 2 fully saturated rings. The highest BCUT2D eigenvalue weighted by molar-refractivity contribution is 5.89. The molecule has 2 aliphatic rings. The Labute approximate surface area is 175 Å². The third kappa shape index (κ3) is 3.53. The number of aromatic carboxylic acids is 1. The molecule has 2 heterocycles. The van der Waals surface area contributed by atoms with E-state index in [1.807, 2.05) is 44.2 Å². The minimum atomic E-state index is -1.40. The molecule has 0 bridgehead atoms. The van der Waals surface area contributed by atoms with Crippen LogP contribution in [0.25, 0.3) is 0 Å². The fourth-order valence-electron chi connectivity index (χ4n) is 4.32. The van der Waals surface area contributed by atoms with E-state index in [1.54, 1.807) is 24.3 Å². The quantitative estimate of drug-likeness (QED) is 0.775. The van der Waals surface area contributed by atoms with Crippen molar-refractivity contribution in [3.05, 3.63) is 71.3 Å². The van der Waals surface area contributed by atoms with Crippen molar-refractivity contribution in [2.75, 3.05) is 13.7 Å². The van der Waals surface area contributed by atoms with Crippen LogP contribution in [0.3, 0.4) is 0 Å². The molecule has 2 unspecified atom stereocenters. The van der Waals surface area contributed by atoms with Crippen molar-refractivity contribution >= 4 is 5.97 Å². The molecular formula is C23H26O7. The molecular weight excluding hydrogens is 388 g/mol. The summed E-state index contributed by atoms with van der Waals surface area (Å²) in [6, 6.07) is 16.3. The number of rotatable bonds is 6. The first-order valence-corrected chi connectivity index (χ1v) is 10.1. The van der Waals surface area contributed by atoms with Gasteiger partial charge in [-0.25, -0.2) is 4.79 Å². The van der Waals surface area contributed by atoms with Crippen LogP contribution in [0.1, 0.15) is 41.3 Å². The molecule has 30 heavy (non-hydrogen) atoms. The number of ether oxygens (including phenoxy) is 5. The van der Waals surface area contributed by atoms with Crippen molar-refractivity contribution in [1.82, 2.24) is 0 Å². The van der Waals surface area contributed by atoms with E-state index in [-0.39, 0.29) is 11.7 Å². The van der Waals surface area contributed by atoms with Crippen LogP contribution in [-0.4, -0.2) is 49.4 Å². The molecule has 0 aromatic heterocycles. The summed E-state index contributed by atoms with van der Waals surface area (Å²) in [5, 5.41) is 9.73. The zero-order valence-electron chi connectivity index (χ0n) is 17.2. The first-order valence-electron chi connectivity index (χ1n) is 10.1. The smallest absolute Gasteiger partial charge is 0.335 e. The van der Waals surface area contributed by atoms with Crippen LogP contribution in [0.4, 0.5) is 0 Å². The van der Waals surface area contributed by atoms with E-state index in [4.69, 9.17) is 23.7 Å². The van der Waals surface area contributed by atoms with Gasteiger partial charge in [0.05, 0.1) is 17.6 Å². The highest BCUT2D eigenvalue weighted by Crippen LogP contribution is 2.49. The molecule has 160 valence electrons. The second-order valence-electron chi connectivity index (χ2n) is 7.38. The summed E-state index contributed by atoms with van der Waals surface area (Å²) < 4.78 is 30.5. The highest BCUT2D eigenvalue weighted by atomic mass is 16.9. The van der Waals surface area contributed by atoms with Crippen molar-refractivity contribution in [1.29, 1.82) is 0 Å². The first-order chi connectivity index (χ1) is 14.5. The Hall–Kier alpha value is -2.29. The molecule has 0 radical (unpaired) electrons. The molecule has 1 N–H and O–H groups in total. The lowest BCUT2D eigenvalue weighted by atomic mass is 9.83. The normalized spacial score (nSPS) is 33.2. The van der Waals surface area contributed by atoms with Gasteiger partial charge in [-0.3, -0.25) is 0 Å². The zero-order chi connectivity index (χ0) is 21.3. The fourth-order valence-corrected chi connectivity index (χ4v) is 4.32. The fraction of sp³-hybridized carbons (Fsp3) is 0.435. The monoisotopic (exact) mass is 414 g/mol. The first kappa shape index (κ1) is 21.0. The van der Waals surface area contributed by atoms with Crippen LogP contribution in [0.2, 0.25) is 0 Å². The van der Waals surface area contributed by atoms with E-state index in [2.05, 4.69) is 0 Å². The number of hydrogen-bond donors (Lipinski definition) is 1. The van der Waals surface area contributed by atoms with Gasteiger partial charge in [-0.2, -0.15) is 0 Å². The molecule has 0 saturated carbocycles. The van der Waals surface area contributed by atoms with Gasteiger partial charge < -0.3 is 28.8 Å². The molecule has 2 saturated heterocycles. The third-order valence-electron chi connectivity index (χ3n) is 5.61.